The van der Waals surface area contributed by atoms with Crippen molar-refractivity contribution in [3.8, 4) is 0 Å². The summed E-state index contributed by atoms with van der Waals surface area (Å²) in [6.07, 6.45) is -2.03. The molecule has 1 heterocycles. The van der Waals surface area contributed by atoms with E-state index in [1.165, 1.54) is 0 Å². The minimum Gasteiger partial charge on any atom is -0.435 e. The van der Waals surface area contributed by atoms with Crippen LogP contribution < -0.4 is 0 Å². The molecule has 1 fully saturated rings. The molecule has 2 amide bonds. The fraction of sp³-hybridized carbons (Fsp3) is 0.818. The first kappa shape index (κ1) is 13.9. The first-order valence-electron chi connectivity index (χ1n) is 5.52. The zero-order chi connectivity index (χ0) is 13.5. The van der Waals surface area contributed by atoms with Gasteiger partial charge in [0.25, 0.3) is 0 Å². The van der Waals surface area contributed by atoms with Gasteiger partial charge in [0.2, 0.25) is 5.72 Å². The smallest absolute Gasteiger partial charge is 0.435 e. The molecule has 0 radical (unpaired) electrons. The number of hydrogen-bond acceptors (Lipinski definition) is 4. The van der Waals surface area contributed by atoms with Crippen molar-refractivity contribution in [2.45, 2.75) is 45.9 Å². The average molecular weight is 246 g/mol. The van der Waals surface area contributed by atoms with Crippen LogP contribution in [0.3, 0.4) is 0 Å². The van der Waals surface area contributed by atoms with Crippen molar-refractivity contribution in [1.82, 2.24) is 0 Å². The van der Waals surface area contributed by atoms with E-state index in [4.69, 9.17) is 9.47 Å². The molecule has 0 spiro atoms. The van der Waals surface area contributed by atoms with Crippen molar-refractivity contribution in [2.75, 3.05) is 13.2 Å². The molecule has 1 aliphatic rings. The lowest BCUT2D eigenvalue weighted by atomic mass is 10.2. The van der Waals surface area contributed by atoms with E-state index in [1.54, 1.807) is 34.6 Å². The summed E-state index contributed by atoms with van der Waals surface area (Å²) in [4.78, 5) is 23.6. The molecule has 0 aromatic rings. The molecule has 0 saturated carbocycles. The van der Waals surface area contributed by atoms with Gasteiger partial charge in [-0.2, -0.15) is 9.59 Å². The SMILES string of the molecule is CC(C)(C)OC(=O)[N+]1(C(=O)O)CCOC1(C)C. The van der Waals surface area contributed by atoms with Gasteiger partial charge in [0.15, 0.2) is 0 Å². The van der Waals surface area contributed by atoms with Crippen LogP contribution >= 0.6 is 0 Å². The lowest BCUT2D eigenvalue weighted by Gasteiger charge is -2.35. The van der Waals surface area contributed by atoms with Gasteiger partial charge >= 0.3 is 12.2 Å². The fourth-order valence-electron chi connectivity index (χ4n) is 1.87. The zero-order valence-electron chi connectivity index (χ0n) is 10.9. The zero-order valence-corrected chi connectivity index (χ0v) is 10.9. The number of amides is 2. The van der Waals surface area contributed by atoms with Crippen LogP contribution in [0.2, 0.25) is 0 Å². The summed E-state index contributed by atoms with van der Waals surface area (Å²) in [6.45, 7) is 8.57. The number of nitrogens with zero attached hydrogens (tertiary/aromatic N) is 1. The third-order valence-corrected chi connectivity index (χ3v) is 2.83. The van der Waals surface area contributed by atoms with Crippen LogP contribution in [0, 0.1) is 0 Å². The van der Waals surface area contributed by atoms with E-state index in [0.29, 0.717) is 0 Å². The summed E-state index contributed by atoms with van der Waals surface area (Å²) in [5.74, 6) is 0. The molecular formula is C11H20NO5+. The number of imide groups is 1. The van der Waals surface area contributed by atoms with Gasteiger partial charge in [-0.25, -0.2) is 0 Å². The Hall–Kier alpha value is -1.14. The average Bonchev–Trinajstić information content (AvgIpc) is 2.38. The Morgan fingerprint density at radius 1 is 1.35 bits per heavy atom. The predicted octanol–water partition coefficient (Wildman–Crippen LogP) is 2.18. The van der Waals surface area contributed by atoms with Crippen molar-refractivity contribution < 1.29 is 28.7 Å². The molecular weight excluding hydrogens is 226 g/mol. The number of rotatable bonds is 0. The summed E-state index contributed by atoms with van der Waals surface area (Å²) in [6, 6.07) is 0. The molecule has 6 nitrogen and oxygen atoms in total. The van der Waals surface area contributed by atoms with E-state index in [1.807, 2.05) is 0 Å². The van der Waals surface area contributed by atoms with Crippen molar-refractivity contribution in [3.63, 3.8) is 0 Å². The largest absolute Gasteiger partial charge is 0.529 e. The van der Waals surface area contributed by atoms with Gasteiger partial charge in [0, 0.05) is 13.8 Å². The summed E-state index contributed by atoms with van der Waals surface area (Å²) in [5, 5.41) is 9.36. The first-order chi connectivity index (χ1) is 7.53. The number of carbonyl (C=O) groups excluding carboxylic acids is 1. The Labute approximate surface area is 101 Å². The molecule has 0 bridgehead atoms. The molecule has 1 N–H and O–H groups in total. The Balaban J connectivity index is 3.10. The second-order valence-corrected chi connectivity index (χ2v) is 5.59. The molecule has 1 aliphatic heterocycles. The van der Waals surface area contributed by atoms with Crippen LogP contribution in [0.25, 0.3) is 0 Å². The molecule has 1 rings (SSSR count). The van der Waals surface area contributed by atoms with Crippen molar-refractivity contribution in [3.05, 3.63) is 0 Å². The van der Waals surface area contributed by atoms with Crippen molar-refractivity contribution in [2.24, 2.45) is 0 Å². The second-order valence-electron chi connectivity index (χ2n) is 5.59. The lowest BCUT2D eigenvalue weighted by Crippen LogP contribution is -2.65. The molecule has 0 aliphatic carbocycles. The third kappa shape index (κ3) is 2.28. The highest BCUT2D eigenvalue weighted by atomic mass is 16.6. The summed E-state index contributed by atoms with van der Waals surface area (Å²) >= 11 is 0. The van der Waals surface area contributed by atoms with Crippen LogP contribution in [-0.4, -0.2) is 46.3 Å². The molecule has 6 heteroatoms. The van der Waals surface area contributed by atoms with Gasteiger partial charge in [-0.3, -0.25) is 0 Å². The van der Waals surface area contributed by atoms with Crippen LogP contribution in [0.1, 0.15) is 34.6 Å². The van der Waals surface area contributed by atoms with Gasteiger partial charge in [-0.05, 0) is 20.8 Å². The van der Waals surface area contributed by atoms with Crippen LogP contribution in [0.4, 0.5) is 9.59 Å². The number of carbonyl (C=O) groups is 2. The molecule has 1 unspecified atom stereocenters. The van der Waals surface area contributed by atoms with E-state index < -0.39 is 28.0 Å². The molecule has 98 valence electrons. The minimum atomic E-state index is -1.25. The van der Waals surface area contributed by atoms with E-state index in [9.17, 15) is 14.7 Å². The Morgan fingerprint density at radius 2 is 1.88 bits per heavy atom. The molecule has 0 aromatic heterocycles. The maximum absolute atomic E-state index is 12.1. The number of carboxylic acid groups (broad SMARTS) is 1. The van der Waals surface area contributed by atoms with E-state index >= 15 is 0 Å². The van der Waals surface area contributed by atoms with Crippen LogP contribution in [-0.2, 0) is 9.47 Å². The maximum Gasteiger partial charge on any atom is 0.529 e. The normalized spacial score (nSPS) is 27.8. The summed E-state index contributed by atoms with van der Waals surface area (Å²) in [7, 11) is 0. The number of quaternary nitrogens is 1. The van der Waals surface area contributed by atoms with Crippen molar-refractivity contribution in [1.29, 1.82) is 0 Å². The predicted molar refractivity (Wildman–Crippen MR) is 59.4 cm³/mol. The van der Waals surface area contributed by atoms with Gasteiger partial charge < -0.3 is 14.6 Å². The van der Waals surface area contributed by atoms with Gasteiger partial charge in [0.1, 0.15) is 18.8 Å². The number of ether oxygens (including phenoxy) is 2. The molecule has 1 saturated heterocycles. The second kappa shape index (κ2) is 3.96. The van der Waals surface area contributed by atoms with Crippen molar-refractivity contribution >= 4 is 12.2 Å². The highest BCUT2D eigenvalue weighted by molar-refractivity contribution is 5.76. The molecule has 1 atom stereocenters. The minimum absolute atomic E-state index is 0.0806. The van der Waals surface area contributed by atoms with Gasteiger partial charge in [-0.1, -0.05) is 4.48 Å². The van der Waals surface area contributed by atoms with Gasteiger partial charge in [-0.15, -0.1) is 0 Å². The summed E-state index contributed by atoms with van der Waals surface area (Å²) < 4.78 is 9.70. The topological polar surface area (TPSA) is 72.8 Å². The van der Waals surface area contributed by atoms with Crippen LogP contribution in [0.5, 0.6) is 0 Å². The maximum atomic E-state index is 12.1. The van der Waals surface area contributed by atoms with E-state index in [2.05, 4.69) is 0 Å². The monoisotopic (exact) mass is 246 g/mol. The Morgan fingerprint density at radius 3 is 2.18 bits per heavy atom. The van der Waals surface area contributed by atoms with E-state index in [0.717, 1.165) is 0 Å². The number of hydrogen-bond donors (Lipinski definition) is 1. The lowest BCUT2D eigenvalue weighted by molar-refractivity contribution is -0.840. The fourth-order valence-corrected chi connectivity index (χ4v) is 1.87. The highest BCUT2D eigenvalue weighted by Crippen LogP contribution is 2.34. The quantitative estimate of drug-likeness (QED) is 0.663. The van der Waals surface area contributed by atoms with Crippen LogP contribution in [0.15, 0.2) is 0 Å². The standard InChI is InChI=1S/C11H19NO5/c1-10(2,3)17-9(15)12(8(13)14)6-7-16-11(12,4)5/h6-7H2,1-5H3/p+1. The van der Waals surface area contributed by atoms with E-state index in [-0.39, 0.29) is 13.2 Å². The first-order valence-corrected chi connectivity index (χ1v) is 5.52. The third-order valence-electron chi connectivity index (χ3n) is 2.83. The Kier molecular flexibility index (Phi) is 3.24. The molecule has 0 aromatic carbocycles. The van der Waals surface area contributed by atoms with Gasteiger partial charge in [0.05, 0.1) is 0 Å². The summed E-state index contributed by atoms with van der Waals surface area (Å²) in [5.41, 5.74) is -1.84. The highest BCUT2D eigenvalue weighted by Gasteiger charge is 2.64. The Bertz CT molecular complexity index is 344. The molecule has 17 heavy (non-hydrogen) atoms.